The van der Waals surface area contributed by atoms with Crippen LogP contribution in [0.5, 0.6) is 0 Å². The molecule has 1 heterocycles. The van der Waals surface area contributed by atoms with Gasteiger partial charge in [-0.2, -0.15) is 0 Å². The van der Waals surface area contributed by atoms with E-state index in [1.165, 1.54) is 12.8 Å². The number of benzene rings is 1. The molecule has 2 rings (SSSR count). The molecule has 2 nitrogen and oxygen atoms in total. The van der Waals surface area contributed by atoms with Crippen molar-refractivity contribution >= 4 is 23.2 Å². The summed E-state index contributed by atoms with van der Waals surface area (Å²) >= 11 is 12.4. The minimum atomic E-state index is 0.275. The molecule has 0 spiro atoms. The highest BCUT2D eigenvalue weighted by atomic mass is 35.5. The molecule has 1 aliphatic heterocycles. The van der Waals surface area contributed by atoms with Gasteiger partial charge in [0.25, 0.3) is 0 Å². The van der Waals surface area contributed by atoms with Crippen LogP contribution in [0, 0.1) is 0 Å². The van der Waals surface area contributed by atoms with E-state index in [1.54, 1.807) is 0 Å². The van der Waals surface area contributed by atoms with Crippen LogP contribution in [0.1, 0.15) is 39.2 Å². The van der Waals surface area contributed by atoms with Gasteiger partial charge in [0.1, 0.15) is 0 Å². The van der Waals surface area contributed by atoms with Crippen molar-refractivity contribution in [3.63, 3.8) is 0 Å². The fourth-order valence-electron chi connectivity index (χ4n) is 2.70. The second-order valence-electron chi connectivity index (χ2n) is 6.51. The fraction of sp³-hybridized carbons (Fsp3) is 0.625. The summed E-state index contributed by atoms with van der Waals surface area (Å²) in [5, 5.41) is 5.09. The van der Waals surface area contributed by atoms with E-state index < -0.39 is 0 Å². The van der Waals surface area contributed by atoms with Crippen LogP contribution >= 0.6 is 23.2 Å². The van der Waals surface area contributed by atoms with E-state index in [9.17, 15) is 0 Å². The number of hydrogen-bond donors (Lipinski definition) is 1. The van der Waals surface area contributed by atoms with Gasteiger partial charge in [-0.1, -0.05) is 29.3 Å². The van der Waals surface area contributed by atoms with Gasteiger partial charge in [0.2, 0.25) is 0 Å². The summed E-state index contributed by atoms with van der Waals surface area (Å²) in [5.74, 6) is 0. The first-order valence-corrected chi connectivity index (χ1v) is 8.05. The number of piperidine rings is 1. The third-order valence-electron chi connectivity index (χ3n) is 4.07. The van der Waals surface area contributed by atoms with Crippen LogP contribution in [0.4, 0.5) is 0 Å². The van der Waals surface area contributed by atoms with Gasteiger partial charge in [-0.3, -0.25) is 4.90 Å². The molecule has 0 unspecified atom stereocenters. The van der Waals surface area contributed by atoms with Crippen LogP contribution in [-0.2, 0) is 6.54 Å². The maximum atomic E-state index is 6.20. The number of nitrogens with zero attached hydrogens (tertiary/aromatic N) is 1. The number of nitrogens with one attached hydrogen (secondary N) is 1. The SMILES string of the molecule is CC(C)(C)N1CCC(NCc2c(Cl)cccc2Cl)CC1. The van der Waals surface area contributed by atoms with E-state index in [4.69, 9.17) is 23.2 Å². The molecule has 0 bridgehead atoms. The molecule has 4 heteroatoms. The maximum absolute atomic E-state index is 6.20. The number of halogens is 2. The number of likely N-dealkylation sites (tertiary alicyclic amines) is 1. The molecule has 0 aromatic heterocycles. The topological polar surface area (TPSA) is 15.3 Å². The molecule has 1 aromatic carbocycles. The molecule has 1 aromatic rings. The lowest BCUT2D eigenvalue weighted by molar-refractivity contribution is 0.0960. The molecule has 1 fully saturated rings. The highest BCUT2D eigenvalue weighted by Crippen LogP contribution is 2.25. The molecule has 0 radical (unpaired) electrons. The summed E-state index contributed by atoms with van der Waals surface area (Å²) < 4.78 is 0. The minimum Gasteiger partial charge on any atom is -0.310 e. The molecule has 1 N–H and O–H groups in total. The van der Waals surface area contributed by atoms with E-state index in [0.29, 0.717) is 6.04 Å². The lowest BCUT2D eigenvalue weighted by Crippen LogP contribution is -2.49. The second-order valence-corrected chi connectivity index (χ2v) is 7.33. The molecule has 112 valence electrons. The van der Waals surface area contributed by atoms with Crippen molar-refractivity contribution < 1.29 is 0 Å². The first-order valence-electron chi connectivity index (χ1n) is 7.29. The number of rotatable bonds is 3. The first-order chi connectivity index (χ1) is 9.38. The van der Waals surface area contributed by atoms with Crippen LogP contribution in [-0.4, -0.2) is 29.6 Å². The van der Waals surface area contributed by atoms with Gasteiger partial charge in [-0.15, -0.1) is 0 Å². The summed E-state index contributed by atoms with van der Waals surface area (Å²) in [6.07, 6.45) is 2.36. The normalized spacial score (nSPS) is 18.4. The Morgan fingerprint density at radius 3 is 2.20 bits per heavy atom. The van der Waals surface area contributed by atoms with Gasteiger partial charge in [0.05, 0.1) is 0 Å². The zero-order valence-electron chi connectivity index (χ0n) is 12.5. The summed E-state index contributed by atoms with van der Waals surface area (Å²) in [6.45, 7) is 9.90. The predicted octanol–water partition coefficient (Wildman–Crippen LogP) is 4.35. The van der Waals surface area contributed by atoms with Gasteiger partial charge in [0.15, 0.2) is 0 Å². The monoisotopic (exact) mass is 314 g/mol. The van der Waals surface area contributed by atoms with Gasteiger partial charge in [-0.25, -0.2) is 0 Å². The molecule has 0 aliphatic carbocycles. The summed E-state index contributed by atoms with van der Waals surface area (Å²) in [7, 11) is 0. The third kappa shape index (κ3) is 4.11. The lowest BCUT2D eigenvalue weighted by atomic mass is 9.98. The van der Waals surface area contributed by atoms with Gasteiger partial charge in [0, 0.05) is 46.8 Å². The molecule has 0 amide bonds. The fourth-order valence-corrected chi connectivity index (χ4v) is 3.23. The molecule has 0 atom stereocenters. The average molecular weight is 315 g/mol. The molecule has 1 saturated heterocycles. The van der Waals surface area contributed by atoms with Gasteiger partial charge < -0.3 is 5.32 Å². The molecular weight excluding hydrogens is 291 g/mol. The van der Waals surface area contributed by atoms with Crippen molar-refractivity contribution in [1.82, 2.24) is 10.2 Å². The van der Waals surface area contributed by atoms with Crippen molar-refractivity contribution in [2.45, 2.75) is 51.7 Å². The highest BCUT2D eigenvalue weighted by molar-refractivity contribution is 6.35. The van der Waals surface area contributed by atoms with E-state index in [2.05, 4.69) is 31.0 Å². The van der Waals surface area contributed by atoms with Crippen LogP contribution in [0.15, 0.2) is 18.2 Å². The predicted molar refractivity (Wildman–Crippen MR) is 87.6 cm³/mol. The minimum absolute atomic E-state index is 0.275. The Morgan fingerprint density at radius 1 is 1.15 bits per heavy atom. The van der Waals surface area contributed by atoms with Crippen LogP contribution in [0.2, 0.25) is 10.0 Å². The smallest absolute Gasteiger partial charge is 0.0465 e. The maximum Gasteiger partial charge on any atom is 0.0465 e. The highest BCUT2D eigenvalue weighted by Gasteiger charge is 2.26. The largest absolute Gasteiger partial charge is 0.310 e. The zero-order chi connectivity index (χ0) is 14.8. The Bertz CT molecular complexity index is 426. The third-order valence-corrected chi connectivity index (χ3v) is 4.78. The van der Waals surface area contributed by atoms with Crippen LogP contribution < -0.4 is 5.32 Å². The second kappa shape index (κ2) is 6.65. The van der Waals surface area contributed by atoms with Gasteiger partial charge >= 0.3 is 0 Å². The van der Waals surface area contributed by atoms with E-state index in [0.717, 1.165) is 35.2 Å². The Hall–Kier alpha value is -0.280. The zero-order valence-corrected chi connectivity index (χ0v) is 14.1. The quantitative estimate of drug-likeness (QED) is 0.892. The van der Waals surface area contributed by atoms with Crippen molar-refractivity contribution in [2.75, 3.05) is 13.1 Å². The summed E-state index contributed by atoms with van der Waals surface area (Å²) in [6, 6.07) is 6.23. The van der Waals surface area contributed by atoms with Crippen molar-refractivity contribution in [3.8, 4) is 0 Å². The Labute approximate surface area is 132 Å². The van der Waals surface area contributed by atoms with E-state index in [1.807, 2.05) is 18.2 Å². The first kappa shape index (κ1) is 16.1. The summed E-state index contributed by atoms with van der Waals surface area (Å²) in [5.41, 5.74) is 1.28. The lowest BCUT2D eigenvalue weighted by Gasteiger charge is -2.41. The number of hydrogen-bond acceptors (Lipinski definition) is 2. The van der Waals surface area contributed by atoms with Crippen LogP contribution in [0.3, 0.4) is 0 Å². The average Bonchev–Trinajstić information content (AvgIpc) is 2.37. The Morgan fingerprint density at radius 2 is 1.70 bits per heavy atom. The molecule has 0 saturated carbocycles. The van der Waals surface area contributed by atoms with Crippen LogP contribution in [0.25, 0.3) is 0 Å². The molecular formula is C16H24Cl2N2. The van der Waals surface area contributed by atoms with E-state index >= 15 is 0 Å². The Kier molecular flexibility index (Phi) is 5.36. The van der Waals surface area contributed by atoms with Gasteiger partial charge in [-0.05, 0) is 45.7 Å². The summed E-state index contributed by atoms with van der Waals surface area (Å²) in [4.78, 5) is 2.55. The molecule has 20 heavy (non-hydrogen) atoms. The Balaban J connectivity index is 1.85. The van der Waals surface area contributed by atoms with Crippen molar-refractivity contribution in [1.29, 1.82) is 0 Å². The van der Waals surface area contributed by atoms with Crippen molar-refractivity contribution in [2.24, 2.45) is 0 Å². The van der Waals surface area contributed by atoms with Crippen molar-refractivity contribution in [3.05, 3.63) is 33.8 Å². The molecule has 1 aliphatic rings. The standard InChI is InChI=1S/C16H24Cl2N2/c1-16(2,3)20-9-7-12(8-10-20)19-11-13-14(17)5-4-6-15(13)18/h4-6,12,19H,7-11H2,1-3H3. The van der Waals surface area contributed by atoms with E-state index in [-0.39, 0.29) is 5.54 Å².